The van der Waals surface area contributed by atoms with Crippen molar-refractivity contribution < 1.29 is 4.79 Å². The standard InChI is InChI=1S/C11H20N2O/c1-2-4-11(14)13-7-10(8-13)12-9-5-3-6-9/h9-10,12H,2-8H2,1H3. The Kier molecular flexibility index (Phi) is 3.06. The van der Waals surface area contributed by atoms with Crippen LogP contribution < -0.4 is 5.32 Å². The van der Waals surface area contributed by atoms with Crippen molar-refractivity contribution in [1.82, 2.24) is 10.2 Å². The Hall–Kier alpha value is -0.570. The van der Waals surface area contributed by atoms with Gasteiger partial charge >= 0.3 is 0 Å². The van der Waals surface area contributed by atoms with Crippen LogP contribution in [0.5, 0.6) is 0 Å². The number of amides is 1. The average Bonchev–Trinajstić information content (AvgIpc) is 1.98. The monoisotopic (exact) mass is 196 g/mol. The van der Waals surface area contributed by atoms with Gasteiger partial charge in [0, 0.05) is 31.6 Å². The van der Waals surface area contributed by atoms with Gasteiger partial charge in [-0.3, -0.25) is 4.79 Å². The number of hydrogen-bond donors (Lipinski definition) is 1. The van der Waals surface area contributed by atoms with E-state index in [4.69, 9.17) is 0 Å². The molecule has 1 saturated carbocycles. The van der Waals surface area contributed by atoms with Crippen LogP contribution >= 0.6 is 0 Å². The van der Waals surface area contributed by atoms with Crippen LogP contribution in [0.1, 0.15) is 39.0 Å². The van der Waals surface area contributed by atoms with Crippen molar-refractivity contribution in [3.05, 3.63) is 0 Å². The Morgan fingerprint density at radius 2 is 2.07 bits per heavy atom. The van der Waals surface area contributed by atoms with E-state index in [-0.39, 0.29) is 0 Å². The number of nitrogens with zero attached hydrogens (tertiary/aromatic N) is 1. The van der Waals surface area contributed by atoms with E-state index in [0.29, 0.717) is 11.9 Å². The summed E-state index contributed by atoms with van der Waals surface area (Å²) in [5.41, 5.74) is 0. The lowest BCUT2D eigenvalue weighted by atomic mass is 9.91. The van der Waals surface area contributed by atoms with Crippen molar-refractivity contribution in [2.45, 2.75) is 51.1 Å². The lowest BCUT2D eigenvalue weighted by molar-refractivity contribution is -0.136. The quantitative estimate of drug-likeness (QED) is 0.731. The summed E-state index contributed by atoms with van der Waals surface area (Å²) in [6.45, 7) is 3.94. The van der Waals surface area contributed by atoms with Gasteiger partial charge in [0.05, 0.1) is 0 Å². The Morgan fingerprint density at radius 3 is 2.57 bits per heavy atom. The lowest BCUT2D eigenvalue weighted by Gasteiger charge is -2.43. The molecule has 2 aliphatic rings. The van der Waals surface area contributed by atoms with Crippen LogP contribution in [0.15, 0.2) is 0 Å². The van der Waals surface area contributed by atoms with E-state index < -0.39 is 0 Å². The van der Waals surface area contributed by atoms with E-state index in [0.717, 1.165) is 32.0 Å². The molecule has 0 aromatic rings. The normalized spacial score (nSPS) is 23.1. The molecule has 0 radical (unpaired) electrons. The molecule has 0 bridgehead atoms. The van der Waals surface area contributed by atoms with Crippen molar-refractivity contribution in [3.63, 3.8) is 0 Å². The van der Waals surface area contributed by atoms with Gasteiger partial charge in [-0.25, -0.2) is 0 Å². The second kappa shape index (κ2) is 4.30. The minimum atomic E-state index is 0.333. The lowest BCUT2D eigenvalue weighted by Crippen LogP contribution is -2.62. The van der Waals surface area contributed by atoms with Crippen LogP contribution in [0.3, 0.4) is 0 Å². The molecule has 1 N–H and O–H groups in total. The van der Waals surface area contributed by atoms with E-state index in [1.54, 1.807) is 0 Å². The molecule has 2 rings (SSSR count). The molecule has 0 aromatic carbocycles. The Labute approximate surface area is 85.8 Å². The smallest absolute Gasteiger partial charge is 0.222 e. The highest BCUT2D eigenvalue weighted by atomic mass is 16.2. The van der Waals surface area contributed by atoms with Crippen LogP contribution in [0, 0.1) is 0 Å². The Morgan fingerprint density at radius 1 is 1.36 bits per heavy atom. The molecule has 80 valence electrons. The first kappa shape index (κ1) is 9.97. The van der Waals surface area contributed by atoms with Gasteiger partial charge in [0.1, 0.15) is 0 Å². The molecule has 0 aromatic heterocycles. The van der Waals surface area contributed by atoms with E-state index in [9.17, 15) is 4.79 Å². The first-order valence-corrected chi connectivity index (χ1v) is 5.83. The molecule has 1 amide bonds. The van der Waals surface area contributed by atoms with Crippen molar-refractivity contribution in [2.75, 3.05) is 13.1 Å². The fraction of sp³-hybridized carbons (Fsp3) is 0.909. The third-order valence-corrected chi connectivity index (χ3v) is 3.27. The minimum Gasteiger partial charge on any atom is -0.339 e. The first-order valence-electron chi connectivity index (χ1n) is 5.83. The summed E-state index contributed by atoms with van der Waals surface area (Å²) in [4.78, 5) is 13.4. The predicted octanol–water partition coefficient (Wildman–Crippen LogP) is 1.14. The molecule has 0 spiro atoms. The third kappa shape index (κ3) is 2.08. The third-order valence-electron chi connectivity index (χ3n) is 3.27. The molecule has 0 atom stereocenters. The van der Waals surface area contributed by atoms with E-state index in [1.165, 1.54) is 19.3 Å². The molecular formula is C11H20N2O. The fourth-order valence-corrected chi connectivity index (χ4v) is 2.07. The predicted molar refractivity (Wildman–Crippen MR) is 56.1 cm³/mol. The van der Waals surface area contributed by atoms with E-state index in [1.807, 2.05) is 4.90 Å². The Bertz CT molecular complexity index is 207. The number of likely N-dealkylation sites (tertiary alicyclic amines) is 1. The van der Waals surface area contributed by atoms with Crippen LogP contribution in [0.4, 0.5) is 0 Å². The summed E-state index contributed by atoms with van der Waals surface area (Å²) in [6.07, 6.45) is 5.73. The summed E-state index contributed by atoms with van der Waals surface area (Å²) in [5, 5.41) is 3.59. The molecular weight excluding hydrogens is 176 g/mol. The molecule has 14 heavy (non-hydrogen) atoms. The molecule has 3 nitrogen and oxygen atoms in total. The first-order chi connectivity index (χ1) is 6.79. The summed E-state index contributed by atoms with van der Waals surface area (Å²) >= 11 is 0. The largest absolute Gasteiger partial charge is 0.339 e. The number of carbonyl (C=O) groups is 1. The fourth-order valence-electron chi connectivity index (χ4n) is 2.07. The molecule has 1 aliphatic carbocycles. The number of rotatable bonds is 4. The van der Waals surface area contributed by atoms with Crippen molar-refractivity contribution in [3.8, 4) is 0 Å². The number of hydrogen-bond acceptors (Lipinski definition) is 2. The van der Waals surface area contributed by atoms with Gasteiger partial charge < -0.3 is 10.2 Å². The summed E-state index contributed by atoms with van der Waals surface area (Å²) in [5.74, 6) is 0.333. The maximum absolute atomic E-state index is 11.4. The van der Waals surface area contributed by atoms with Gasteiger partial charge in [0.15, 0.2) is 0 Å². The van der Waals surface area contributed by atoms with Crippen LogP contribution in [0.2, 0.25) is 0 Å². The van der Waals surface area contributed by atoms with Crippen LogP contribution in [0.25, 0.3) is 0 Å². The van der Waals surface area contributed by atoms with E-state index in [2.05, 4.69) is 12.2 Å². The molecule has 0 unspecified atom stereocenters. The van der Waals surface area contributed by atoms with Gasteiger partial charge in [0.25, 0.3) is 0 Å². The van der Waals surface area contributed by atoms with Gasteiger partial charge in [-0.1, -0.05) is 13.3 Å². The van der Waals surface area contributed by atoms with Gasteiger partial charge in [-0.15, -0.1) is 0 Å². The maximum atomic E-state index is 11.4. The average molecular weight is 196 g/mol. The maximum Gasteiger partial charge on any atom is 0.222 e. The van der Waals surface area contributed by atoms with E-state index >= 15 is 0 Å². The zero-order chi connectivity index (χ0) is 9.97. The van der Waals surface area contributed by atoms with Crippen LogP contribution in [-0.2, 0) is 4.79 Å². The molecule has 1 saturated heterocycles. The summed E-state index contributed by atoms with van der Waals surface area (Å²) < 4.78 is 0. The highest BCUT2D eigenvalue weighted by Gasteiger charge is 2.32. The highest BCUT2D eigenvalue weighted by molar-refractivity contribution is 5.77. The van der Waals surface area contributed by atoms with Gasteiger partial charge in [-0.2, -0.15) is 0 Å². The molecule has 1 aliphatic heterocycles. The number of nitrogens with one attached hydrogen (secondary N) is 1. The summed E-state index contributed by atoms with van der Waals surface area (Å²) in [6, 6.07) is 1.34. The Balaban J connectivity index is 1.61. The molecule has 2 fully saturated rings. The minimum absolute atomic E-state index is 0.333. The van der Waals surface area contributed by atoms with Crippen molar-refractivity contribution >= 4 is 5.91 Å². The second-order valence-corrected chi connectivity index (χ2v) is 4.54. The van der Waals surface area contributed by atoms with Gasteiger partial charge in [-0.05, 0) is 19.3 Å². The zero-order valence-electron chi connectivity index (χ0n) is 8.96. The molecule has 3 heteroatoms. The zero-order valence-corrected chi connectivity index (χ0v) is 8.96. The van der Waals surface area contributed by atoms with Crippen molar-refractivity contribution in [2.24, 2.45) is 0 Å². The van der Waals surface area contributed by atoms with Crippen molar-refractivity contribution in [1.29, 1.82) is 0 Å². The highest BCUT2D eigenvalue weighted by Crippen LogP contribution is 2.21. The number of carbonyl (C=O) groups excluding carboxylic acids is 1. The van der Waals surface area contributed by atoms with Crippen LogP contribution in [-0.4, -0.2) is 36.0 Å². The topological polar surface area (TPSA) is 32.3 Å². The molecule has 1 heterocycles. The summed E-state index contributed by atoms with van der Waals surface area (Å²) in [7, 11) is 0. The SMILES string of the molecule is CCCC(=O)N1CC(NC2CCC2)C1. The van der Waals surface area contributed by atoms with Gasteiger partial charge in [0.2, 0.25) is 5.91 Å². The second-order valence-electron chi connectivity index (χ2n) is 4.54.